The van der Waals surface area contributed by atoms with Crippen LogP contribution in [0.5, 0.6) is 0 Å². The summed E-state index contributed by atoms with van der Waals surface area (Å²) in [6, 6.07) is 0. The summed E-state index contributed by atoms with van der Waals surface area (Å²) in [6.07, 6.45) is 9.44. The lowest BCUT2D eigenvalue weighted by Gasteiger charge is -2.40. The molecule has 0 radical (unpaired) electrons. The quantitative estimate of drug-likeness (QED) is 0.332. The fraction of sp³-hybridized carbons (Fsp3) is 0.111. The molecule has 0 saturated carbocycles. The Labute approximate surface area is 118 Å². The van der Waals surface area contributed by atoms with Gasteiger partial charge in [0.15, 0.2) is 49.5 Å². The molecule has 0 spiro atoms. The van der Waals surface area contributed by atoms with Crippen LogP contribution < -0.4 is 0 Å². The molecule has 0 N–H and O–H groups in total. The largest absolute Gasteiger partial charge is 0.363 e. The van der Waals surface area contributed by atoms with Crippen molar-refractivity contribution in [3.63, 3.8) is 0 Å². The van der Waals surface area contributed by atoms with Gasteiger partial charge in [-0.05, 0) is 0 Å². The van der Waals surface area contributed by atoms with E-state index in [1.54, 1.807) is 0 Å². The predicted molar refractivity (Wildman–Crippen MR) is 55.0 cm³/mol. The first-order valence-corrected chi connectivity index (χ1v) is 4.47. The van der Waals surface area contributed by atoms with E-state index in [1.807, 2.05) is 0 Å². The third kappa shape index (κ3) is 2.11. The Balaban J connectivity index is 6.90. The molecule has 0 heterocycles. The Hall–Kier alpha value is -4.88. The van der Waals surface area contributed by atoms with E-state index in [4.69, 9.17) is 42.1 Å². The van der Waals surface area contributed by atoms with E-state index < -0.39 is 5.91 Å². The van der Waals surface area contributed by atoms with Crippen LogP contribution in [0.2, 0.25) is 0 Å². The molecule has 0 bridgehead atoms. The molecular formula is C9N12. The summed E-state index contributed by atoms with van der Waals surface area (Å²) in [5.41, 5.74) is 0. The zero-order chi connectivity index (χ0) is 16.5. The van der Waals surface area contributed by atoms with Gasteiger partial charge in [0.1, 0.15) is 0 Å². The minimum absolute atomic E-state index is 0.0989. The third-order valence-electron chi connectivity index (χ3n) is 2.00. The van der Waals surface area contributed by atoms with E-state index in [0.29, 0.717) is 0 Å². The van der Waals surface area contributed by atoms with Gasteiger partial charge in [-0.15, -0.1) is 19.6 Å². The molecule has 21 heavy (non-hydrogen) atoms. The second-order valence-electron chi connectivity index (χ2n) is 2.74. The van der Waals surface area contributed by atoms with Gasteiger partial charge in [0.05, 0.1) is 0 Å². The Morgan fingerprint density at radius 2 is 0.524 bits per heavy atom. The molecule has 0 aromatic heterocycles. The Bertz CT molecular complexity index is 551. The van der Waals surface area contributed by atoms with Gasteiger partial charge in [-0.25, -0.2) is 0 Å². The van der Waals surface area contributed by atoms with Crippen LogP contribution in [-0.2, 0) is 0 Å². The maximum Gasteiger partial charge on any atom is 0.363 e. The Kier molecular flexibility index (Phi) is 5.19. The van der Waals surface area contributed by atoms with E-state index in [-0.39, 0.29) is 19.6 Å². The van der Waals surface area contributed by atoms with Crippen LogP contribution in [0.1, 0.15) is 0 Å². The fourth-order valence-electron chi connectivity index (χ4n) is 1.23. The van der Waals surface area contributed by atoms with Crippen molar-refractivity contribution in [3.8, 4) is 49.5 Å². The summed E-state index contributed by atoms with van der Waals surface area (Å²) in [5.74, 6) is -2.99. The second-order valence-corrected chi connectivity index (χ2v) is 2.74. The van der Waals surface area contributed by atoms with Gasteiger partial charge in [0.25, 0.3) is 0 Å². The molecule has 12 nitrogen and oxygen atoms in total. The Morgan fingerprint density at radius 1 is 0.381 bits per heavy atom. The van der Waals surface area contributed by atoms with Gasteiger partial charge in [-0.2, -0.15) is 42.1 Å². The highest BCUT2D eigenvalue weighted by atomic mass is 15.7. The van der Waals surface area contributed by atoms with Crippen LogP contribution in [0.25, 0.3) is 0 Å². The molecule has 0 rings (SSSR count). The highest BCUT2D eigenvalue weighted by molar-refractivity contribution is 5.18. The van der Waals surface area contributed by atoms with Crippen molar-refractivity contribution in [2.75, 3.05) is 0 Å². The minimum Gasteiger partial charge on any atom is -0.171 e. The first kappa shape index (κ1) is 16.1. The molecule has 12 heteroatoms. The SMILES string of the molecule is N#CN(C#N)C(N(C#N)C#N)(N(C#N)C#N)N(C#N)C#N. The van der Waals surface area contributed by atoms with E-state index in [9.17, 15) is 0 Å². The molecule has 0 fully saturated rings. The number of nitrogens with zero attached hydrogens (tertiary/aromatic N) is 12. The van der Waals surface area contributed by atoms with Crippen LogP contribution in [-0.4, -0.2) is 25.5 Å². The second kappa shape index (κ2) is 6.76. The molecule has 0 aliphatic rings. The molecular weight excluding hydrogens is 276 g/mol. The zero-order valence-corrected chi connectivity index (χ0v) is 9.87. The number of nitriles is 8. The molecule has 0 saturated heterocycles. The molecule has 0 aromatic rings. The maximum atomic E-state index is 8.90. The maximum absolute atomic E-state index is 8.90. The van der Waals surface area contributed by atoms with E-state index in [1.165, 1.54) is 49.5 Å². The lowest BCUT2D eigenvalue weighted by atomic mass is 10.3. The first-order chi connectivity index (χ1) is 10.1. The lowest BCUT2D eigenvalue weighted by molar-refractivity contribution is -0.0981. The molecule has 0 aliphatic heterocycles. The summed E-state index contributed by atoms with van der Waals surface area (Å²) in [5, 5.41) is 71.2. The molecule has 0 unspecified atom stereocenters. The average molecular weight is 276 g/mol. The summed E-state index contributed by atoms with van der Waals surface area (Å²) in [4.78, 5) is -0.396. The van der Waals surface area contributed by atoms with Crippen molar-refractivity contribution >= 4 is 0 Å². The van der Waals surface area contributed by atoms with E-state index in [2.05, 4.69) is 0 Å². The van der Waals surface area contributed by atoms with Crippen LogP contribution in [0, 0.1) is 91.6 Å². The zero-order valence-electron chi connectivity index (χ0n) is 9.87. The average Bonchev–Trinajstić information content (AvgIpc) is 2.51. The smallest absolute Gasteiger partial charge is 0.171 e. The van der Waals surface area contributed by atoms with Crippen molar-refractivity contribution in [3.05, 3.63) is 0 Å². The topological polar surface area (TPSA) is 203 Å². The van der Waals surface area contributed by atoms with Crippen molar-refractivity contribution in [1.82, 2.24) is 19.6 Å². The van der Waals surface area contributed by atoms with Crippen LogP contribution in [0.4, 0.5) is 0 Å². The van der Waals surface area contributed by atoms with E-state index >= 15 is 0 Å². The highest BCUT2D eigenvalue weighted by Crippen LogP contribution is 2.27. The standard InChI is InChI=1S/C9N12/c10-1-18(2-11)9(19(3-12)4-13,20(5-14)6-15)21(7-16)8-17. The van der Waals surface area contributed by atoms with Crippen molar-refractivity contribution in [1.29, 1.82) is 42.1 Å². The van der Waals surface area contributed by atoms with Crippen LogP contribution >= 0.6 is 0 Å². The summed E-state index contributed by atoms with van der Waals surface area (Å²) in [7, 11) is 0. The number of rotatable bonds is 4. The van der Waals surface area contributed by atoms with Crippen molar-refractivity contribution < 1.29 is 0 Å². The van der Waals surface area contributed by atoms with Gasteiger partial charge in [-0.1, -0.05) is 0 Å². The van der Waals surface area contributed by atoms with Crippen LogP contribution in [0.3, 0.4) is 0 Å². The van der Waals surface area contributed by atoms with Gasteiger partial charge in [0, 0.05) is 0 Å². The van der Waals surface area contributed by atoms with Crippen molar-refractivity contribution in [2.24, 2.45) is 0 Å². The van der Waals surface area contributed by atoms with Gasteiger partial charge in [-0.3, -0.25) is 0 Å². The summed E-state index contributed by atoms with van der Waals surface area (Å²) >= 11 is 0. The number of hydrogen-bond acceptors (Lipinski definition) is 12. The normalized spacial score (nSPS) is 7.62. The van der Waals surface area contributed by atoms with Gasteiger partial charge >= 0.3 is 5.91 Å². The van der Waals surface area contributed by atoms with Crippen LogP contribution in [0.15, 0.2) is 0 Å². The van der Waals surface area contributed by atoms with Gasteiger partial charge < -0.3 is 0 Å². The highest BCUT2D eigenvalue weighted by Gasteiger charge is 2.57. The molecule has 0 aliphatic carbocycles. The summed E-state index contributed by atoms with van der Waals surface area (Å²) in [6.45, 7) is 0. The molecule has 0 atom stereocenters. The fourth-order valence-corrected chi connectivity index (χ4v) is 1.23. The third-order valence-corrected chi connectivity index (χ3v) is 2.00. The van der Waals surface area contributed by atoms with Crippen molar-refractivity contribution in [2.45, 2.75) is 5.91 Å². The summed E-state index contributed by atoms with van der Waals surface area (Å²) < 4.78 is 0. The lowest BCUT2D eigenvalue weighted by Crippen LogP contribution is -2.70. The number of hydrogen-bond donors (Lipinski definition) is 0. The predicted octanol–water partition coefficient (Wildman–Crippen LogP) is -1.35. The molecule has 0 amide bonds. The Morgan fingerprint density at radius 3 is 0.619 bits per heavy atom. The minimum atomic E-state index is -2.99. The first-order valence-electron chi connectivity index (χ1n) is 4.47. The molecule has 96 valence electrons. The molecule has 0 aromatic carbocycles. The van der Waals surface area contributed by atoms with E-state index in [0.717, 1.165) is 0 Å². The monoisotopic (exact) mass is 276 g/mol. The van der Waals surface area contributed by atoms with Gasteiger partial charge in [0.2, 0.25) is 0 Å².